The molecule has 1 aromatic rings. The number of nitrogens with zero attached hydrogens (tertiary/aromatic N) is 4. The molecule has 0 unspecified atom stereocenters. The number of halogens is 3. The van der Waals surface area contributed by atoms with Crippen LogP contribution in [0.2, 0.25) is 0 Å². The maximum Gasteiger partial charge on any atom is 0.396 e. The minimum atomic E-state index is -4.42. The van der Waals surface area contributed by atoms with Crippen molar-refractivity contribution < 1.29 is 23.1 Å². The highest BCUT2D eigenvalue weighted by Crippen LogP contribution is 2.40. The molecule has 6 nitrogen and oxygen atoms in total. The highest BCUT2D eigenvalue weighted by molar-refractivity contribution is 5.74. The van der Waals surface area contributed by atoms with Gasteiger partial charge in [0.05, 0.1) is 12.0 Å². The second-order valence-electron chi connectivity index (χ2n) is 4.84. The van der Waals surface area contributed by atoms with Crippen molar-refractivity contribution in [1.82, 2.24) is 20.2 Å². The number of hydrogen-bond acceptors (Lipinski definition) is 4. The Morgan fingerprint density at radius 2 is 2.00 bits per heavy atom. The molecule has 0 atom stereocenters. The first-order valence-corrected chi connectivity index (χ1v) is 5.88. The van der Waals surface area contributed by atoms with E-state index in [0.29, 0.717) is 12.8 Å². The van der Waals surface area contributed by atoms with Gasteiger partial charge in [-0.3, -0.25) is 4.79 Å². The fourth-order valence-corrected chi connectivity index (χ4v) is 2.43. The first kappa shape index (κ1) is 13.8. The molecule has 0 saturated heterocycles. The molecule has 0 aliphatic heterocycles. The summed E-state index contributed by atoms with van der Waals surface area (Å²) in [6.07, 6.45) is -3.29. The lowest BCUT2D eigenvalue weighted by atomic mass is 9.86. The van der Waals surface area contributed by atoms with Crippen molar-refractivity contribution in [2.24, 2.45) is 5.41 Å². The molecule has 1 heterocycles. The van der Waals surface area contributed by atoms with Crippen LogP contribution in [-0.2, 0) is 17.8 Å². The van der Waals surface area contributed by atoms with E-state index in [-0.39, 0.29) is 12.4 Å². The molecule has 0 radical (unpaired) electrons. The normalized spacial score (nSPS) is 18.7. The summed E-state index contributed by atoms with van der Waals surface area (Å²) in [7, 11) is 0. The number of carboxylic acids is 1. The van der Waals surface area contributed by atoms with Crippen LogP contribution >= 0.6 is 0 Å². The van der Waals surface area contributed by atoms with Crippen molar-refractivity contribution >= 4 is 5.97 Å². The van der Waals surface area contributed by atoms with E-state index in [1.165, 1.54) is 0 Å². The summed E-state index contributed by atoms with van der Waals surface area (Å²) < 4.78 is 38.0. The number of rotatable bonds is 4. The average Bonchev–Trinajstić information content (AvgIpc) is 2.88. The summed E-state index contributed by atoms with van der Waals surface area (Å²) in [5.41, 5.74) is -1.05. The molecular formula is C10H13F3N4O2. The molecule has 1 aliphatic carbocycles. The van der Waals surface area contributed by atoms with Crippen LogP contribution in [0.5, 0.6) is 0 Å². The molecule has 1 aromatic heterocycles. The van der Waals surface area contributed by atoms with Crippen molar-refractivity contribution in [2.45, 2.75) is 44.8 Å². The fourth-order valence-electron chi connectivity index (χ4n) is 2.43. The molecule has 19 heavy (non-hydrogen) atoms. The summed E-state index contributed by atoms with van der Waals surface area (Å²) in [4.78, 5) is 11.3. The minimum absolute atomic E-state index is 0.110. The Kier molecular flexibility index (Phi) is 3.46. The van der Waals surface area contributed by atoms with Gasteiger partial charge >= 0.3 is 12.1 Å². The Morgan fingerprint density at radius 1 is 1.37 bits per heavy atom. The summed E-state index contributed by atoms with van der Waals surface area (Å²) in [5, 5.41) is 19.3. The highest BCUT2D eigenvalue weighted by Gasteiger charge is 2.43. The van der Waals surface area contributed by atoms with Crippen molar-refractivity contribution in [3.63, 3.8) is 0 Å². The number of carboxylic acid groups (broad SMARTS) is 1. The topological polar surface area (TPSA) is 80.9 Å². The van der Waals surface area contributed by atoms with E-state index in [9.17, 15) is 23.1 Å². The molecule has 1 saturated carbocycles. The van der Waals surface area contributed by atoms with Crippen molar-refractivity contribution in [1.29, 1.82) is 0 Å². The molecule has 1 fully saturated rings. The molecule has 0 aromatic carbocycles. The Morgan fingerprint density at radius 3 is 2.53 bits per heavy atom. The number of aromatic nitrogens is 4. The first-order valence-electron chi connectivity index (χ1n) is 5.88. The van der Waals surface area contributed by atoms with E-state index in [1.807, 2.05) is 0 Å². The number of aliphatic carboxylic acids is 1. The minimum Gasteiger partial charge on any atom is -0.481 e. The molecule has 9 heteroatoms. The van der Waals surface area contributed by atoms with E-state index in [1.54, 1.807) is 0 Å². The van der Waals surface area contributed by atoms with Crippen LogP contribution < -0.4 is 0 Å². The highest BCUT2D eigenvalue weighted by atomic mass is 19.4. The summed E-state index contributed by atoms with van der Waals surface area (Å²) >= 11 is 0. The van der Waals surface area contributed by atoms with Gasteiger partial charge in [0.1, 0.15) is 6.42 Å². The van der Waals surface area contributed by atoms with Crippen LogP contribution in [0.3, 0.4) is 0 Å². The SMILES string of the molecule is O=C(O)C1(Cn2nnnc2CC(F)(F)F)CCCC1. The molecule has 0 bridgehead atoms. The van der Waals surface area contributed by atoms with Crippen LogP contribution in [0.25, 0.3) is 0 Å². The van der Waals surface area contributed by atoms with Gasteiger partial charge in [-0.15, -0.1) is 5.10 Å². The van der Waals surface area contributed by atoms with E-state index >= 15 is 0 Å². The predicted molar refractivity (Wildman–Crippen MR) is 56.1 cm³/mol. The third-order valence-electron chi connectivity index (χ3n) is 3.43. The summed E-state index contributed by atoms with van der Waals surface area (Å²) in [6, 6.07) is 0. The van der Waals surface area contributed by atoms with Crippen molar-refractivity contribution in [3.05, 3.63) is 5.82 Å². The zero-order chi connectivity index (χ0) is 14.1. The van der Waals surface area contributed by atoms with Gasteiger partial charge in [0.15, 0.2) is 5.82 Å². The second-order valence-corrected chi connectivity index (χ2v) is 4.84. The largest absolute Gasteiger partial charge is 0.481 e. The molecule has 0 spiro atoms. The third kappa shape index (κ3) is 3.02. The molecule has 0 amide bonds. The van der Waals surface area contributed by atoms with Crippen LogP contribution in [0, 0.1) is 5.41 Å². The van der Waals surface area contributed by atoms with Crippen LogP contribution in [0.1, 0.15) is 31.5 Å². The van der Waals surface area contributed by atoms with E-state index < -0.39 is 24.0 Å². The van der Waals surface area contributed by atoms with Gasteiger partial charge in [-0.05, 0) is 23.3 Å². The Balaban J connectivity index is 2.19. The zero-order valence-corrected chi connectivity index (χ0v) is 10.0. The predicted octanol–water partition coefficient (Wildman–Crippen LogP) is 1.42. The van der Waals surface area contributed by atoms with Crippen molar-refractivity contribution in [2.75, 3.05) is 0 Å². The maximum absolute atomic E-state index is 12.3. The van der Waals surface area contributed by atoms with E-state index in [2.05, 4.69) is 15.5 Å². The van der Waals surface area contributed by atoms with Crippen LogP contribution in [-0.4, -0.2) is 37.5 Å². The number of carbonyl (C=O) groups is 1. The number of alkyl halides is 3. The molecule has 2 rings (SSSR count). The lowest BCUT2D eigenvalue weighted by Crippen LogP contribution is -2.34. The summed E-state index contributed by atoms with van der Waals surface area (Å²) in [5.74, 6) is -1.35. The van der Waals surface area contributed by atoms with Gasteiger partial charge in [0.2, 0.25) is 0 Å². The maximum atomic E-state index is 12.3. The van der Waals surface area contributed by atoms with E-state index in [0.717, 1.165) is 17.5 Å². The molecule has 1 aliphatic rings. The monoisotopic (exact) mass is 278 g/mol. The van der Waals surface area contributed by atoms with Crippen molar-refractivity contribution in [3.8, 4) is 0 Å². The third-order valence-corrected chi connectivity index (χ3v) is 3.43. The van der Waals surface area contributed by atoms with Crippen LogP contribution in [0.15, 0.2) is 0 Å². The first-order chi connectivity index (χ1) is 8.82. The smallest absolute Gasteiger partial charge is 0.396 e. The van der Waals surface area contributed by atoms with Gasteiger partial charge < -0.3 is 5.11 Å². The Hall–Kier alpha value is -1.67. The number of hydrogen-bond donors (Lipinski definition) is 1. The van der Waals surface area contributed by atoms with Gasteiger partial charge in [-0.2, -0.15) is 13.2 Å². The standard InChI is InChI=1S/C10H13F3N4O2/c11-10(12,13)5-7-14-15-16-17(7)6-9(8(18)19)3-1-2-4-9/h1-6H2,(H,18,19). The summed E-state index contributed by atoms with van der Waals surface area (Å²) in [6.45, 7) is -0.110. The number of tetrazole rings is 1. The average molecular weight is 278 g/mol. The lowest BCUT2D eigenvalue weighted by Gasteiger charge is -2.23. The lowest BCUT2D eigenvalue weighted by molar-refractivity contribution is -0.149. The fraction of sp³-hybridized carbons (Fsp3) is 0.800. The van der Waals surface area contributed by atoms with Gasteiger partial charge in [0.25, 0.3) is 0 Å². The zero-order valence-electron chi connectivity index (χ0n) is 10.0. The van der Waals surface area contributed by atoms with Crippen LogP contribution in [0.4, 0.5) is 13.2 Å². The molecule has 1 N–H and O–H groups in total. The second kappa shape index (κ2) is 4.78. The van der Waals surface area contributed by atoms with Gasteiger partial charge in [-0.25, -0.2) is 4.68 Å². The Labute approximate surface area is 106 Å². The Bertz CT molecular complexity index is 466. The van der Waals surface area contributed by atoms with Gasteiger partial charge in [0, 0.05) is 0 Å². The molecular weight excluding hydrogens is 265 g/mol. The quantitative estimate of drug-likeness (QED) is 0.900. The molecule has 106 valence electrons. The van der Waals surface area contributed by atoms with Gasteiger partial charge in [-0.1, -0.05) is 12.8 Å². The van der Waals surface area contributed by atoms with E-state index in [4.69, 9.17) is 0 Å².